The molecule has 5 rings (SSSR count). The lowest BCUT2D eigenvalue weighted by molar-refractivity contribution is -0.167. The Balaban J connectivity index is 0.897. The molecule has 3 unspecified atom stereocenters. The van der Waals surface area contributed by atoms with Crippen molar-refractivity contribution in [3.63, 3.8) is 0 Å². The predicted molar refractivity (Wildman–Crippen MR) is 222 cm³/mol. The number of hydrogen-bond acceptors (Lipinski definition) is 7. The largest absolute Gasteiger partial charge is 0.493 e. The Morgan fingerprint density at radius 2 is 1.38 bits per heavy atom. The van der Waals surface area contributed by atoms with Gasteiger partial charge in [0.1, 0.15) is 0 Å². The molecular formula is C46H82N4O3. The first-order valence-corrected chi connectivity index (χ1v) is 22.3. The van der Waals surface area contributed by atoms with Crippen molar-refractivity contribution in [2.75, 3.05) is 53.5 Å². The van der Waals surface area contributed by atoms with Gasteiger partial charge in [0.05, 0.1) is 20.3 Å². The molecule has 0 aromatic heterocycles. The number of ether oxygens (including phenoxy) is 2. The van der Waals surface area contributed by atoms with Crippen LogP contribution in [0, 0.1) is 52.3 Å². The van der Waals surface area contributed by atoms with E-state index in [2.05, 4.69) is 62.0 Å². The molecule has 0 radical (unpaired) electrons. The van der Waals surface area contributed by atoms with Crippen molar-refractivity contribution in [1.29, 1.82) is 0 Å². The van der Waals surface area contributed by atoms with Gasteiger partial charge >= 0.3 is 0 Å². The highest BCUT2D eigenvalue weighted by Gasteiger charge is 2.62. The molecule has 304 valence electrons. The van der Waals surface area contributed by atoms with Crippen LogP contribution in [0.2, 0.25) is 0 Å². The summed E-state index contributed by atoms with van der Waals surface area (Å²) in [7, 11) is 3.35. The van der Waals surface area contributed by atoms with Crippen LogP contribution in [0.1, 0.15) is 136 Å². The first kappa shape index (κ1) is 42.8. The number of benzene rings is 1. The third-order valence-corrected chi connectivity index (χ3v) is 15.3. The Labute approximate surface area is 325 Å². The minimum Gasteiger partial charge on any atom is -0.493 e. The normalized spacial score (nSPS) is 33.0. The number of aliphatic hydroxyl groups is 1. The molecule has 7 nitrogen and oxygen atoms in total. The van der Waals surface area contributed by atoms with Crippen molar-refractivity contribution in [1.82, 2.24) is 21.3 Å². The Bertz CT molecular complexity index is 1210. The Hall–Kier alpha value is -1.38. The highest BCUT2D eigenvalue weighted by molar-refractivity contribution is 5.42. The lowest BCUT2D eigenvalue weighted by Crippen LogP contribution is -2.59. The maximum Gasteiger partial charge on any atom is 0.161 e. The van der Waals surface area contributed by atoms with E-state index in [1.54, 1.807) is 14.2 Å². The van der Waals surface area contributed by atoms with Crippen molar-refractivity contribution in [3.05, 3.63) is 23.8 Å². The molecule has 0 saturated heterocycles. The van der Waals surface area contributed by atoms with Gasteiger partial charge in [-0.2, -0.15) is 0 Å². The number of methoxy groups -OCH3 is 2. The van der Waals surface area contributed by atoms with Gasteiger partial charge in [-0.15, -0.1) is 0 Å². The fourth-order valence-corrected chi connectivity index (χ4v) is 12.3. The standard InChI is InChI=1S/C46H82N4O3/c1-33(2)13-10-14-34(3)38-16-17-39-44-40(20-22-46(38,39)5)45(4)21-19-37(30-36(45)31-41(44)51)50-28-12-26-48-24-9-8-23-47-25-11-27-49-32-35-15-18-42(52-6)43(29-35)53-7/h15,18,29,33-34,36-41,44,47-51H,8-14,16-17,19-28,30-32H2,1-7H3/t34-,36-,37+,38+,39?,40?,41+,44?,45-,46+/m0/s1. The van der Waals surface area contributed by atoms with Crippen molar-refractivity contribution >= 4 is 0 Å². The summed E-state index contributed by atoms with van der Waals surface area (Å²) in [5.41, 5.74) is 2.07. The molecule has 10 atom stereocenters. The topological polar surface area (TPSA) is 86.8 Å². The Morgan fingerprint density at radius 3 is 2.09 bits per heavy atom. The molecule has 4 saturated carbocycles. The van der Waals surface area contributed by atoms with E-state index in [0.29, 0.717) is 28.7 Å². The second kappa shape index (κ2) is 20.7. The predicted octanol–water partition coefficient (Wildman–Crippen LogP) is 8.58. The van der Waals surface area contributed by atoms with Gasteiger partial charge in [0.2, 0.25) is 0 Å². The van der Waals surface area contributed by atoms with Crippen LogP contribution in [-0.2, 0) is 6.54 Å². The molecule has 0 aliphatic heterocycles. The van der Waals surface area contributed by atoms with Crippen molar-refractivity contribution in [2.45, 2.75) is 150 Å². The fourth-order valence-electron chi connectivity index (χ4n) is 12.3. The number of hydrogen-bond donors (Lipinski definition) is 5. The lowest BCUT2D eigenvalue weighted by Gasteiger charge is -2.62. The summed E-state index contributed by atoms with van der Waals surface area (Å²) in [6, 6.07) is 6.72. The molecular weight excluding hydrogens is 657 g/mol. The molecule has 0 bridgehead atoms. The van der Waals surface area contributed by atoms with Gasteiger partial charge in [-0.05, 0) is 186 Å². The molecule has 1 aromatic carbocycles. The van der Waals surface area contributed by atoms with Crippen molar-refractivity contribution in [3.8, 4) is 11.5 Å². The fraction of sp³-hybridized carbons (Fsp3) is 0.870. The molecule has 0 spiro atoms. The van der Waals surface area contributed by atoms with Crippen LogP contribution in [0.4, 0.5) is 0 Å². The monoisotopic (exact) mass is 739 g/mol. The van der Waals surface area contributed by atoms with Crippen LogP contribution in [-0.4, -0.2) is 70.7 Å². The highest BCUT2D eigenvalue weighted by Crippen LogP contribution is 2.68. The summed E-state index contributed by atoms with van der Waals surface area (Å²) in [5, 5.41) is 26.6. The van der Waals surface area contributed by atoms with E-state index in [1.165, 1.54) is 89.0 Å². The number of rotatable bonds is 23. The van der Waals surface area contributed by atoms with Gasteiger partial charge < -0.3 is 35.8 Å². The molecule has 0 amide bonds. The lowest BCUT2D eigenvalue weighted by atomic mass is 9.43. The molecule has 0 heterocycles. The molecule has 4 aliphatic carbocycles. The average Bonchev–Trinajstić information content (AvgIpc) is 3.50. The van der Waals surface area contributed by atoms with E-state index in [4.69, 9.17) is 9.47 Å². The zero-order chi connectivity index (χ0) is 37.8. The molecule has 5 N–H and O–H groups in total. The van der Waals surface area contributed by atoms with Gasteiger partial charge in [0.25, 0.3) is 0 Å². The summed E-state index contributed by atoms with van der Waals surface area (Å²) in [4.78, 5) is 0. The van der Waals surface area contributed by atoms with Crippen LogP contribution in [0.25, 0.3) is 0 Å². The highest BCUT2D eigenvalue weighted by atomic mass is 16.5. The van der Waals surface area contributed by atoms with Crippen molar-refractivity contribution < 1.29 is 14.6 Å². The molecule has 4 fully saturated rings. The third-order valence-electron chi connectivity index (χ3n) is 15.3. The molecule has 53 heavy (non-hydrogen) atoms. The second-order valence-corrected chi connectivity index (χ2v) is 19.0. The number of fused-ring (bicyclic) bond motifs is 5. The summed E-state index contributed by atoms with van der Waals surface area (Å²) in [5.74, 6) is 6.74. The van der Waals surface area contributed by atoms with Gasteiger partial charge in [-0.25, -0.2) is 0 Å². The number of nitrogens with one attached hydrogen (secondary N) is 4. The summed E-state index contributed by atoms with van der Waals surface area (Å²) >= 11 is 0. The van der Waals surface area contributed by atoms with Gasteiger partial charge in [-0.1, -0.05) is 59.9 Å². The minimum absolute atomic E-state index is 0.0888. The smallest absolute Gasteiger partial charge is 0.161 e. The van der Waals surface area contributed by atoms with E-state index in [0.717, 1.165) is 99.7 Å². The van der Waals surface area contributed by atoms with E-state index < -0.39 is 0 Å². The maximum atomic E-state index is 11.9. The van der Waals surface area contributed by atoms with Crippen LogP contribution >= 0.6 is 0 Å². The van der Waals surface area contributed by atoms with Crippen LogP contribution < -0.4 is 30.7 Å². The first-order chi connectivity index (χ1) is 25.6. The maximum absolute atomic E-state index is 11.9. The van der Waals surface area contributed by atoms with E-state index in [-0.39, 0.29) is 6.10 Å². The minimum atomic E-state index is -0.0888. The van der Waals surface area contributed by atoms with Gasteiger partial charge in [0, 0.05) is 12.6 Å². The molecule has 1 aromatic rings. The summed E-state index contributed by atoms with van der Waals surface area (Å²) in [6.45, 7) is 19.9. The van der Waals surface area contributed by atoms with Gasteiger partial charge in [-0.3, -0.25) is 0 Å². The number of aliphatic hydroxyl groups excluding tert-OH is 1. The quantitative estimate of drug-likeness (QED) is 0.0720. The average molecular weight is 739 g/mol. The van der Waals surface area contributed by atoms with E-state index >= 15 is 0 Å². The Morgan fingerprint density at radius 1 is 0.717 bits per heavy atom. The second-order valence-electron chi connectivity index (χ2n) is 19.0. The molecule has 7 heteroatoms. The zero-order valence-corrected chi connectivity index (χ0v) is 35.2. The van der Waals surface area contributed by atoms with Crippen molar-refractivity contribution in [2.24, 2.45) is 52.3 Å². The SMILES string of the molecule is COc1ccc(CNCCCNCCCCNCCCN[C@@H]2CC[C@]3(C)C4CC[C@@]5(C)C(CC[C@@H]5[C@@H](C)CCCC(C)C)C4[C@H](O)C[C@@H]3C2)cc1OC. The number of unbranched alkanes of at least 4 members (excludes halogenated alkanes) is 1. The van der Waals surface area contributed by atoms with E-state index in [9.17, 15) is 5.11 Å². The summed E-state index contributed by atoms with van der Waals surface area (Å²) < 4.78 is 10.7. The van der Waals surface area contributed by atoms with Crippen LogP contribution in [0.15, 0.2) is 18.2 Å². The Kier molecular flexibility index (Phi) is 16.7. The van der Waals surface area contributed by atoms with Crippen LogP contribution in [0.5, 0.6) is 11.5 Å². The van der Waals surface area contributed by atoms with E-state index in [1.807, 2.05) is 12.1 Å². The third kappa shape index (κ3) is 10.9. The van der Waals surface area contributed by atoms with Gasteiger partial charge in [0.15, 0.2) is 11.5 Å². The molecule has 4 aliphatic rings. The first-order valence-electron chi connectivity index (χ1n) is 22.3. The summed E-state index contributed by atoms with van der Waals surface area (Å²) in [6.07, 6.45) is 19.3. The van der Waals surface area contributed by atoms with Crippen LogP contribution in [0.3, 0.4) is 0 Å². The zero-order valence-electron chi connectivity index (χ0n) is 35.2.